The van der Waals surface area contributed by atoms with Crippen molar-refractivity contribution in [2.45, 2.75) is 0 Å². The van der Waals surface area contributed by atoms with Gasteiger partial charge in [0, 0.05) is 17.2 Å². The number of methoxy groups -OCH3 is 1. The zero-order valence-corrected chi connectivity index (χ0v) is 12.4. The van der Waals surface area contributed by atoms with Gasteiger partial charge in [-0.05, 0) is 42.0 Å². The molecule has 2 aromatic rings. The van der Waals surface area contributed by atoms with Crippen molar-refractivity contribution >= 4 is 29.1 Å². The maximum atomic E-state index is 12.2. The second-order valence-electron chi connectivity index (χ2n) is 4.39. The van der Waals surface area contributed by atoms with Gasteiger partial charge in [-0.3, -0.25) is 14.9 Å². The van der Waals surface area contributed by atoms with Crippen molar-refractivity contribution in [1.29, 1.82) is 0 Å². The molecule has 0 atom stereocenters. The second-order valence-corrected chi connectivity index (χ2v) is 4.83. The average Bonchev–Trinajstić information content (AvgIpc) is 2.53. The number of allylic oxidation sites excluding steroid dienone is 1. The van der Waals surface area contributed by atoms with E-state index in [1.165, 1.54) is 31.4 Å². The van der Waals surface area contributed by atoms with Crippen LogP contribution in [-0.4, -0.2) is 17.8 Å². The predicted molar refractivity (Wildman–Crippen MR) is 84.5 cm³/mol. The van der Waals surface area contributed by atoms with Gasteiger partial charge in [-0.15, -0.1) is 0 Å². The molecule has 0 saturated carbocycles. The van der Waals surface area contributed by atoms with Crippen molar-refractivity contribution in [3.8, 4) is 5.75 Å². The van der Waals surface area contributed by atoms with Crippen molar-refractivity contribution in [2.24, 2.45) is 0 Å². The Balaban J connectivity index is 2.21. The fourth-order valence-electron chi connectivity index (χ4n) is 1.84. The van der Waals surface area contributed by atoms with Crippen LogP contribution in [0.15, 0.2) is 48.5 Å². The minimum atomic E-state index is -0.477. The third-order valence-corrected chi connectivity index (χ3v) is 3.19. The van der Waals surface area contributed by atoms with E-state index in [2.05, 4.69) is 0 Å². The number of non-ortho nitro benzene ring substituents is 1. The highest BCUT2D eigenvalue weighted by Crippen LogP contribution is 2.23. The number of carbonyl (C=O) groups excluding carboxylic acids is 1. The number of nitrogens with zero attached hydrogens (tertiary/aromatic N) is 1. The third-order valence-electron chi connectivity index (χ3n) is 2.96. The first-order chi connectivity index (χ1) is 10.5. The molecular weight excluding hydrogens is 306 g/mol. The SMILES string of the molecule is COc1ccc(Cl)cc1C(=O)/C=C/c1ccc([N+](=O)[O-])cc1. The number of nitro benzene ring substituents is 1. The number of rotatable bonds is 5. The molecule has 0 unspecified atom stereocenters. The number of ether oxygens (including phenoxy) is 1. The van der Waals surface area contributed by atoms with Crippen LogP contribution in [0.4, 0.5) is 5.69 Å². The van der Waals surface area contributed by atoms with E-state index in [-0.39, 0.29) is 11.5 Å². The highest BCUT2D eigenvalue weighted by molar-refractivity contribution is 6.31. The molecule has 0 amide bonds. The van der Waals surface area contributed by atoms with Crippen LogP contribution in [0.1, 0.15) is 15.9 Å². The standard InChI is InChI=1S/C16H12ClNO4/c1-22-16-9-5-12(17)10-14(16)15(19)8-4-11-2-6-13(7-3-11)18(20)21/h2-10H,1H3/b8-4+. The molecule has 0 spiro atoms. The predicted octanol–water partition coefficient (Wildman–Crippen LogP) is 4.15. The Morgan fingerprint density at radius 1 is 1.23 bits per heavy atom. The molecule has 0 N–H and O–H groups in total. The molecule has 6 heteroatoms. The van der Waals surface area contributed by atoms with Crippen LogP contribution in [0.3, 0.4) is 0 Å². The molecule has 0 aliphatic carbocycles. The molecule has 0 aromatic heterocycles. The molecule has 112 valence electrons. The largest absolute Gasteiger partial charge is 0.496 e. The highest BCUT2D eigenvalue weighted by atomic mass is 35.5. The van der Waals surface area contributed by atoms with Crippen molar-refractivity contribution < 1.29 is 14.5 Å². The van der Waals surface area contributed by atoms with E-state index >= 15 is 0 Å². The Morgan fingerprint density at radius 3 is 2.50 bits per heavy atom. The maximum Gasteiger partial charge on any atom is 0.269 e. The van der Waals surface area contributed by atoms with Gasteiger partial charge in [-0.25, -0.2) is 0 Å². The zero-order chi connectivity index (χ0) is 16.1. The van der Waals surface area contributed by atoms with E-state index in [9.17, 15) is 14.9 Å². The number of nitro groups is 1. The van der Waals surface area contributed by atoms with Gasteiger partial charge in [0.25, 0.3) is 5.69 Å². The fraction of sp³-hybridized carbons (Fsp3) is 0.0625. The van der Waals surface area contributed by atoms with Gasteiger partial charge >= 0.3 is 0 Å². The molecule has 0 fully saturated rings. The smallest absolute Gasteiger partial charge is 0.269 e. The molecule has 0 radical (unpaired) electrons. The first-order valence-corrected chi connectivity index (χ1v) is 6.69. The molecule has 0 aliphatic heterocycles. The Morgan fingerprint density at radius 2 is 1.91 bits per heavy atom. The van der Waals surface area contributed by atoms with Gasteiger partial charge in [0.15, 0.2) is 5.78 Å². The lowest BCUT2D eigenvalue weighted by Crippen LogP contribution is -1.98. The lowest BCUT2D eigenvalue weighted by molar-refractivity contribution is -0.384. The molecule has 5 nitrogen and oxygen atoms in total. The lowest BCUT2D eigenvalue weighted by Gasteiger charge is -2.05. The molecule has 0 bridgehead atoms. The summed E-state index contributed by atoms with van der Waals surface area (Å²) < 4.78 is 5.13. The second kappa shape index (κ2) is 6.87. The monoisotopic (exact) mass is 317 g/mol. The minimum absolute atomic E-state index is 0.0000121. The average molecular weight is 318 g/mol. The van der Waals surface area contributed by atoms with Crippen LogP contribution in [0.5, 0.6) is 5.75 Å². The van der Waals surface area contributed by atoms with E-state index in [4.69, 9.17) is 16.3 Å². The summed E-state index contributed by atoms with van der Waals surface area (Å²) in [6, 6.07) is 10.7. The van der Waals surface area contributed by atoms with Gasteiger partial charge < -0.3 is 4.74 Å². The molecular formula is C16H12ClNO4. The molecule has 0 aliphatic rings. The van der Waals surface area contributed by atoms with Gasteiger partial charge in [-0.2, -0.15) is 0 Å². The summed E-state index contributed by atoms with van der Waals surface area (Å²) >= 11 is 5.89. The minimum Gasteiger partial charge on any atom is -0.496 e. The Hall–Kier alpha value is -2.66. The summed E-state index contributed by atoms with van der Waals surface area (Å²) in [5, 5.41) is 11.0. The van der Waals surface area contributed by atoms with Crippen LogP contribution < -0.4 is 4.74 Å². The van der Waals surface area contributed by atoms with Crippen LogP contribution in [0.2, 0.25) is 5.02 Å². The molecule has 2 rings (SSSR count). The molecule has 2 aromatic carbocycles. The maximum absolute atomic E-state index is 12.2. The van der Waals surface area contributed by atoms with Crippen LogP contribution >= 0.6 is 11.6 Å². The fourth-order valence-corrected chi connectivity index (χ4v) is 2.01. The van der Waals surface area contributed by atoms with Crippen LogP contribution in [0, 0.1) is 10.1 Å². The first-order valence-electron chi connectivity index (χ1n) is 6.31. The van der Waals surface area contributed by atoms with Gasteiger partial charge in [0.1, 0.15) is 5.75 Å². The number of hydrogen-bond donors (Lipinski definition) is 0. The number of benzene rings is 2. The van der Waals surface area contributed by atoms with Gasteiger partial charge in [0.2, 0.25) is 0 Å². The first kappa shape index (κ1) is 15.7. The van der Waals surface area contributed by atoms with Crippen molar-refractivity contribution in [3.05, 3.63) is 74.8 Å². The molecule has 22 heavy (non-hydrogen) atoms. The normalized spacial score (nSPS) is 10.6. The van der Waals surface area contributed by atoms with Gasteiger partial charge in [0.05, 0.1) is 17.6 Å². The molecule has 0 saturated heterocycles. The summed E-state index contributed by atoms with van der Waals surface area (Å²) in [7, 11) is 1.47. The van der Waals surface area contributed by atoms with Gasteiger partial charge in [-0.1, -0.05) is 17.7 Å². The third kappa shape index (κ3) is 3.71. The van der Waals surface area contributed by atoms with Crippen molar-refractivity contribution in [1.82, 2.24) is 0 Å². The Kier molecular flexibility index (Phi) is 4.91. The summed E-state index contributed by atoms with van der Waals surface area (Å²) in [5.41, 5.74) is 1.04. The van der Waals surface area contributed by atoms with Crippen molar-refractivity contribution in [2.75, 3.05) is 7.11 Å². The number of carbonyl (C=O) groups is 1. The topological polar surface area (TPSA) is 69.4 Å². The Bertz CT molecular complexity index is 738. The van der Waals surface area contributed by atoms with Crippen molar-refractivity contribution in [3.63, 3.8) is 0 Å². The number of ketones is 1. The highest BCUT2D eigenvalue weighted by Gasteiger charge is 2.10. The summed E-state index contributed by atoms with van der Waals surface area (Å²) in [6.45, 7) is 0. The quantitative estimate of drug-likeness (QED) is 0.359. The summed E-state index contributed by atoms with van der Waals surface area (Å²) in [6.07, 6.45) is 2.95. The Labute approximate surface area is 131 Å². The van der Waals surface area contributed by atoms with Crippen LogP contribution in [0.25, 0.3) is 6.08 Å². The summed E-state index contributed by atoms with van der Waals surface area (Å²) in [4.78, 5) is 22.3. The number of hydrogen-bond acceptors (Lipinski definition) is 4. The number of halogens is 1. The van der Waals surface area contributed by atoms with Crippen LogP contribution in [-0.2, 0) is 0 Å². The van der Waals surface area contributed by atoms with E-state index in [1.807, 2.05) is 0 Å². The molecule has 0 heterocycles. The van der Waals surface area contributed by atoms with E-state index in [0.29, 0.717) is 21.9 Å². The van der Waals surface area contributed by atoms with E-state index < -0.39 is 4.92 Å². The zero-order valence-electron chi connectivity index (χ0n) is 11.7. The van der Waals surface area contributed by atoms with E-state index in [1.54, 1.807) is 30.3 Å². The lowest BCUT2D eigenvalue weighted by atomic mass is 10.1. The van der Waals surface area contributed by atoms with E-state index in [0.717, 1.165) is 0 Å². The summed E-state index contributed by atoms with van der Waals surface area (Å²) in [5.74, 6) is 0.167.